The zero-order chi connectivity index (χ0) is 33.0. The Hall–Kier alpha value is -5.46. The highest BCUT2D eigenvalue weighted by atomic mass is 16.5. The maximum absolute atomic E-state index is 14.8. The lowest BCUT2D eigenvalue weighted by molar-refractivity contribution is -0.128. The van der Waals surface area contributed by atoms with Gasteiger partial charge in [0.05, 0.1) is 6.61 Å². The van der Waals surface area contributed by atoms with Crippen molar-refractivity contribution in [3.8, 4) is 5.75 Å². The van der Waals surface area contributed by atoms with Gasteiger partial charge in [0.25, 0.3) is 5.91 Å². The molecule has 6 nitrogen and oxygen atoms in total. The molecule has 48 heavy (non-hydrogen) atoms. The van der Waals surface area contributed by atoms with Crippen molar-refractivity contribution >= 4 is 17.9 Å². The number of nitrogens with one attached hydrogen (secondary N) is 1. The minimum atomic E-state index is -1.28. The molecule has 6 heteroatoms. The third-order valence-electron chi connectivity index (χ3n) is 8.54. The summed E-state index contributed by atoms with van der Waals surface area (Å²) in [6, 6.07) is 47.9. The minimum Gasteiger partial charge on any atom is -0.494 e. The number of aliphatic hydroxyl groups is 1. The first-order valence-electron chi connectivity index (χ1n) is 16.4. The molecule has 2 atom stereocenters. The first-order valence-corrected chi connectivity index (χ1v) is 16.4. The molecular weight excluding hydrogens is 596 g/mol. The van der Waals surface area contributed by atoms with Crippen LogP contribution in [0.15, 0.2) is 157 Å². The molecule has 6 rings (SSSR count). The summed E-state index contributed by atoms with van der Waals surface area (Å²) < 4.78 is 12.4. The third-order valence-corrected chi connectivity index (χ3v) is 8.54. The molecule has 5 aromatic carbocycles. The van der Waals surface area contributed by atoms with Crippen LogP contribution in [0.3, 0.4) is 0 Å². The van der Waals surface area contributed by atoms with E-state index in [2.05, 4.69) is 29.6 Å². The number of benzene rings is 5. The second kappa shape index (κ2) is 15.9. The van der Waals surface area contributed by atoms with E-state index in [9.17, 15) is 4.79 Å². The summed E-state index contributed by atoms with van der Waals surface area (Å²) in [7, 11) is 0. The number of ether oxygens (including phenoxy) is 2. The van der Waals surface area contributed by atoms with Crippen LogP contribution < -0.4 is 10.1 Å². The van der Waals surface area contributed by atoms with Crippen molar-refractivity contribution in [2.75, 3.05) is 19.8 Å². The van der Waals surface area contributed by atoms with Crippen molar-refractivity contribution < 1.29 is 19.4 Å². The number of hydrogen-bond donors (Lipinski definition) is 2. The Balaban J connectivity index is 1.37. The lowest BCUT2D eigenvalue weighted by atomic mass is 9.83. The molecule has 0 spiro atoms. The van der Waals surface area contributed by atoms with E-state index in [4.69, 9.17) is 19.6 Å². The van der Waals surface area contributed by atoms with Crippen LogP contribution in [0.2, 0.25) is 0 Å². The van der Waals surface area contributed by atoms with E-state index in [1.165, 1.54) is 0 Å². The zero-order valence-corrected chi connectivity index (χ0v) is 26.8. The lowest BCUT2D eigenvalue weighted by Gasteiger charge is -2.30. The van der Waals surface area contributed by atoms with E-state index in [-0.39, 0.29) is 18.4 Å². The Morgan fingerprint density at radius 3 is 2.00 bits per heavy atom. The van der Waals surface area contributed by atoms with Gasteiger partial charge >= 0.3 is 0 Å². The molecule has 1 aliphatic heterocycles. The molecule has 0 bridgehead atoms. The number of hydrogen-bond acceptors (Lipinski definition) is 5. The second-order valence-electron chi connectivity index (χ2n) is 11.8. The summed E-state index contributed by atoms with van der Waals surface area (Å²) >= 11 is 0. The summed E-state index contributed by atoms with van der Waals surface area (Å²) in [6.45, 7) is 0.889. The van der Waals surface area contributed by atoms with Crippen molar-refractivity contribution in [3.05, 3.63) is 179 Å². The topological polar surface area (TPSA) is 80.2 Å². The van der Waals surface area contributed by atoms with Gasteiger partial charge in [-0.05, 0) is 46.5 Å². The highest BCUT2D eigenvalue weighted by Crippen LogP contribution is 2.43. The monoisotopic (exact) mass is 636 g/mol. The van der Waals surface area contributed by atoms with Gasteiger partial charge in [-0.1, -0.05) is 133 Å². The van der Waals surface area contributed by atoms with Crippen LogP contribution in [-0.2, 0) is 9.53 Å². The number of carbonyl (C=O) groups is 1. The summed E-state index contributed by atoms with van der Waals surface area (Å²) in [5.41, 5.74) is 3.61. The number of rotatable bonds is 14. The van der Waals surface area contributed by atoms with Crippen LogP contribution in [0.25, 0.3) is 6.08 Å². The van der Waals surface area contributed by atoms with Crippen LogP contribution >= 0.6 is 0 Å². The molecule has 1 aliphatic rings. The quantitative estimate of drug-likeness (QED) is 0.122. The number of carbonyl (C=O) groups excluding carboxylic acids is 1. The Kier molecular flexibility index (Phi) is 10.8. The molecule has 242 valence electrons. The minimum absolute atomic E-state index is 0.0485. The van der Waals surface area contributed by atoms with E-state index in [1.54, 1.807) is 0 Å². The predicted octanol–water partition coefficient (Wildman–Crippen LogP) is 7.76. The van der Waals surface area contributed by atoms with Gasteiger partial charge in [0.2, 0.25) is 5.90 Å². The van der Waals surface area contributed by atoms with Crippen molar-refractivity contribution in [1.29, 1.82) is 0 Å². The van der Waals surface area contributed by atoms with Crippen LogP contribution in [-0.4, -0.2) is 42.2 Å². The molecular formula is C42H40N2O4. The van der Waals surface area contributed by atoms with E-state index >= 15 is 0 Å². The number of aliphatic imine (C=N–C) groups is 1. The standard InChI is InChI=1S/C42H40N2O4/c45-29-14-30-47-37-26-24-36(25-27-37)40-44-42(28-13-17-32-15-5-1-6-16-32,39(48-40)35-22-11-4-12-23-35)41(46)43-31-38(33-18-7-2-8-19-33)34-20-9-3-10-21-34/h1-13,15-27,38-39,45H,14,28-31H2,(H,43,46)/b17-13+/t39-,42-/m1/s1. The van der Waals surface area contributed by atoms with Gasteiger partial charge in [0.1, 0.15) is 5.75 Å². The van der Waals surface area contributed by atoms with Gasteiger partial charge in [-0.3, -0.25) is 4.79 Å². The van der Waals surface area contributed by atoms with Gasteiger partial charge in [-0.25, -0.2) is 4.99 Å². The normalized spacial score (nSPS) is 17.2. The zero-order valence-electron chi connectivity index (χ0n) is 26.8. The Bertz CT molecular complexity index is 1750. The van der Waals surface area contributed by atoms with Crippen LogP contribution in [0.1, 0.15) is 52.7 Å². The average molecular weight is 637 g/mol. The second-order valence-corrected chi connectivity index (χ2v) is 11.8. The maximum atomic E-state index is 14.8. The maximum Gasteiger partial charge on any atom is 0.252 e. The summed E-state index contributed by atoms with van der Waals surface area (Å²) in [5, 5.41) is 12.4. The first kappa shape index (κ1) is 32.5. The molecule has 0 saturated heterocycles. The molecule has 1 heterocycles. The largest absolute Gasteiger partial charge is 0.494 e. The molecule has 1 amide bonds. The van der Waals surface area contributed by atoms with E-state index < -0.39 is 11.6 Å². The van der Waals surface area contributed by atoms with E-state index in [0.29, 0.717) is 37.6 Å². The average Bonchev–Trinajstić information content (AvgIpc) is 3.54. The van der Waals surface area contributed by atoms with Crippen LogP contribution in [0.5, 0.6) is 5.75 Å². The van der Waals surface area contributed by atoms with E-state index in [1.807, 2.05) is 133 Å². The fourth-order valence-corrected chi connectivity index (χ4v) is 6.03. The summed E-state index contributed by atoms with van der Waals surface area (Å²) in [4.78, 5) is 19.9. The van der Waals surface area contributed by atoms with Crippen molar-refractivity contribution in [1.82, 2.24) is 5.32 Å². The van der Waals surface area contributed by atoms with Crippen molar-refractivity contribution in [2.24, 2.45) is 4.99 Å². The van der Waals surface area contributed by atoms with Gasteiger partial charge in [-0.2, -0.15) is 0 Å². The smallest absolute Gasteiger partial charge is 0.252 e. The lowest BCUT2D eigenvalue weighted by Crippen LogP contribution is -2.49. The van der Waals surface area contributed by atoms with Gasteiger partial charge in [0.15, 0.2) is 11.6 Å². The highest BCUT2D eigenvalue weighted by molar-refractivity contribution is 6.01. The van der Waals surface area contributed by atoms with Gasteiger partial charge in [0, 0.05) is 37.5 Å². The van der Waals surface area contributed by atoms with Crippen LogP contribution in [0.4, 0.5) is 0 Å². The Morgan fingerprint density at radius 1 is 0.812 bits per heavy atom. The molecule has 2 N–H and O–H groups in total. The van der Waals surface area contributed by atoms with E-state index in [0.717, 1.165) is 27.8 Å². The predicted molar refractivity (Wildman–Crippen MR) is 191 cm³/mol. The van der Waals surface area contributed by atoms with Crippen molar-refractivity contribution in [2.45, 2.75) is 30.4 Å². The first-order chi connectivity index (χ1) is 23.7. The third kappa shape index (κ3) is 7.73. The molecule has 0 aliphatic carbocycles. The summed E-state index contributed by atoms with van der Waals surface area (Å²) in [5.74, 6) is 0.835. The fourth-order valence-electron chi connectivity index (χ4n) is 6.03. The van der Waals surface area contributed by atoms with Gasteiger partial charge < -0.3 is 19.9 Å². The number of amides is 1. The number of nitrogens with zero attached hydrogens (tertiary/aromatic N) is 1. The summed E-state index contributed by atoms with van der Waals surface area (Å²) in [6.07, 6.45) is 4.26. The molecule has 0 aromatic heterocycles. The Morgan fingerprint density at radius 2 is 1.40 bits per heavy atom. The molecule has 5 aromatic rings. The number of aliphatic hydroxyl groups excluding tert-OH is 1. The fraction of sp³-hybridized carbons (Fsp3) is 0.190. The molecule has 0 radical (unpaired) electrons. The Labute approximate surface area is 282 Å². The SMILES string of the molecule is O=C(NCC(c1ccccc1)c1ccccc1)[C@]1(C/C=C/c2ccccc2)N=C(c2ccc(OCCCO)cc2)O[C@@H]1c1ccccc1. The molecule has 0 fully saturated rings. The highest BCUT2D eigenvalue weighted by Gasteiger charge is 2.52. The van der Waals surface area contributed by atoms with Crippen molar-refractivity contribution in [3.63, 3.8) is 0 Å². The molecule has 0 saturated carbocycles. The van der Waals surface area contributed by atoms with Gasteiger partial charge in [-0.15, -0.1) is 0 Å². The molecule has 0 unspecified atom stereocenters. The van der Waals surface area contributed by atoms with Crippen LogP contribution in [0, 0.1) is 0 Å².